The molecule has 26 heavy (non-hydrogen) atoms. The van der Waals surface area contributed by atoms with E-state index in [2.05, 4.69) is 49.9 Å². The second kappa shape index (κ2) is 8.50. The molecule has 0 radical (unpaired) electrons. The summed E-state index contributed by atoms with van der Waals surface area (Å²) in [5.41, 5.74) is 2.28. The van der Waals surface area contributed by atoms with Crippen LogP contribution in [0.15, 0.2) is 60.7 Å². The van der Waals surface area contributed by atoms with Crippen LogP contribution in [0.5, 0.6) is 0 Å². The van der Waals surface area contributed by atoms with Gasteiger partial charge in [0.05, 0.1) is 0 Å². The van der Waals surface area contributed by atoms with Gasteiger partial charge >= 0.3 is 5.97 Å². The summed E-state index contributed by atoms with van der Waals surface area (Å²) < 4.78 is 5.73. The van der Waals surface area contributed by atoms with Crippen LogP contribution in [0.4, 0.5) is 0 Å². The fourth-order valence-electron chi connectivity index (χ4n) is 4.02. The van der Waals surface area contributed by atoms with Crippen molar-refractivity contribution in [2.75, 3.05) is 6.54 Å². The normalized spacial score (nSPS) is 21.7. The van der Waals surface area contributed by atoms with E-state index >= 15 is 0 Å². The molecule has 3 rings (SSSR count). The summed E-state index contributed by atoms with van der Waals surface area (Å²) in [6.07, 6.45) is 1.04. The highest BCUT2D eigenvalue weighted by Crippen LogP contribution is 2.37. The second-order valence-corrected chi connectivity index (χ2v) is 7.56. The van der Waals surface area contributed by atoms with Gasteiger partial charge in [0.1, 0.15) is 12.6 Å². The van der Waals surface area contributed by atoms with Crippen molar-refractivity contribution in [2.45, 2.75) is 45.9 Å². The van der Waals surface area contributed by atoms with Gasteiger partial charge in [0, 0.05) is 6.04 Å². The third-order valence-corrected chi connectivity index (χ3v) is 5.58. The third kappa shape index (κ3) is 4.16. The largest absolute Gasteiger partial charge is 0.460 e. The Labute approximate surface area is 157 Å². The van der Waals surface area contributed by atoms with Crippen LogP contribution in [0.25, 0.3) is 0 Å². The van der Waals surface area contributed by atoms with E-state index in [0.717, 1.165) is 18.5 Å². The maximum atomic E-state index is 13.0. The Morgan fingerprint density at radius 3 is 2.27 bits per heavy atom. The SMILES string of the molecule is CC(C)[C@@H]1CCN([C@@H](C)c2ccccc2)[C@@H]1C(=O)OCc1ccccc1. The molecule has 1 fully saturated rings. The van der Waals surface area contributed by atoms with Gasteiger partial charge in [-0.25, -0.2) is 0 Å². The van der Waals surface area contributed by atoms with Crippen LogP contribution in [-0.4, -0.2) is 23.5 Å². The number of carbonyl (C=O) groups excluding carboxylic acids is 1. The topological polar surface area (TPSA) is 29.5 Å². The summed E-state index contributed by atoms with van der Waals surface area (Å²) in [4.78, 5) is 15.3. The molecule has 3 nitrogen and oxygen atoms in total. The summed E-state index contributed by atoms with van der Waals surface area (Å²) in [6.45, 7) is 7.88. The van der Waals surface area contributed by atoms with E-state index in [-0.39, 0.29) is 18.1 Å². The van der Waals surface area contributed by atoms with Gasteiger partial charge in [-0.2, -0.15) is 0 Å². The van der Waals surface area contributed by atoms with Gasteiger partial charge in [0.2, 0.25) is 0 Å². The lowest BCUT2D eigenvalue weighted by Gasteiger charge is -2.32. The van der Waals surface area contributed by atoms with Gasteiger partial charge < -0.3 is 4.74 Å². The molecular formula is C23H29NO2. The van der Waals surface area contributed by atoms with Crippen molar-refractivity contribution in [3.8, 4) is 0 Å². The lowest BCUT2D eigenvalue weighted by atomic mass is 9.88. The summed E-state index contributed by atoms with van der Waals surface area (Å²) in [6, 6.07) is 20.4. The molecule has 0 aliphatic carbocycles. The number of benzene rings is 2. The first-order valence-electron chi connectivity index (χ1n) is 9.59. The van der Waals surface area contributed by atoms with E-state index < -0.39 is 0 Å². The van der Waals surface area contributed by atoms with E-state index in [1.54, 1.807) is 0 Å². The molecule has 1 aliphatic heterocycles. The molecule has 1 heterocycles. The lowest BCUT2D eigenvalue weighted by Crippen LogP contribution is -2.43. The predicted molar refractivity (Wildman–Crippen MR) is 105 cm³/mol. The number of carbonyl (C=O) groups is 1. The van der Waals surface area contributed by atoms with Gasteiger partial charge in [-0.15, -0.1) is 0 Å². The Balaban J connectivity index is 1.75. The van der Waals surface area contributed by atoms with Crippen molar-refractivity contribution in [1.29, 1.82) is 0 Å². The highest BCUT2D eigenvalue weighted by Gasteiger charge is 2.43. The summed E-state index contributed by atoms with van der Waals surface area (Å²) in [5.74, 6) is 0.703. The standard InChI is InChI=1S/C23H29NO2/c1-17(2)21-14-15-24(18(3)20-12-8-5-9-13-20)22(21)23(25)26-16-19-10-6-4-7-11-19/h4-13,17-18,21-22H,14-16H2,1-3H3/t18-,21-,22-/m0/s1. The van der Waals surface area contributed by atoms with Gasteiger partial charge in [-0.05, 0) is 42.9 Å². The van der Waals surface area contributed by atoms with Gasteiger partial charge in [0.15, 0.2) is 0 Å². The van der Waals surface area contributed by atoms with E-state index in [1.807, 2.05) is 36.4 Å². The van der Waals surface area contributed by atoms with Crippen molar-refractivity contribution >= 4 is 5.97 Å². The quantitative estimate of drug-likeness (QED) is 0.698. The zero-order chi connectivity index (χ0) is 18.5. The first-order valence-corrected chi connectivity index (χ1v) is 9.59. The van der Waals surface area contributed by atoms with Crippen molar-refractivity contribution in [3.05, 3.63) is 71.8 Å². The maximum absolute atomic E-state index is 13.0. The molecule has 0 bridgehead atoms. The Morgan fingerprint density at radius 2 is 1.65 bits per heavy atom. The zero-order valence-corrected chi connectivity index (χ0v) is 16.0. The predicted octanol–water partition coefficient (Wildman–Crippen LogP) is 4.84. The van der Waals surface area contributed by atoms with Crippen LogP contribution in [-0.2, 0) is 16.1 Å². The smallest absolute Gasteiger partial charge is 0.324 e. The molecule has 3 heteroatoms. The average Bonchev–Trinajstić information content (AvgIpc) is 3.12. The minimum atomic E-state index is -0.172. The number of hydrogen-bond acceptors (Lipinski definition) is 3. The molecule has 0 amide bonds. The molecule has 0 saturated carbocycles. The van der Waals surface area contributed by atoms with Crippen molar-refractivity contribution in [1.82, 2.24) is 4.90 Å². The molecule has 0 aromatic heterocycles. The minimum Gasteiger partial charge on any atom is -0.460 e. The number of rotatable bonds is 6. The number of nitrogens with zero attached hydrogens (tertiary/aromatic N) is 1. The summed E-state index contributed by atoms with van der Waals surface area (Å²) >= 11 is 0. The summed E-state index contributed by atoms with van der Waals surface area (Å²) in [5, 5.41) is 0. The molecule has 1 saturated heterocycles. The number of likely N-dealkylation sites (tertiary alicyclic amines) is 1. The molecular weight excluding hydrogens is 322 g/mol. The van der Waals surface area contributed by atoms with Crippen molar-refractivity contribution < 1.29 is 9.53 Å². The number of hydrogen-bond donors (Lipinski definition) is 0. The van der Waals surface area contributed by atoms with E-state index in [4.69, 9.17) is 4.74 Å². The molecule has 0 spiro atoms. The molecule has 3 atom stereocenters. The van der Waals surface area contributed by atoms with Crippen LogP contribution in [0.3, 0.4) is 0 Å². The highest BCUT2D eigenvalue weighted by molar-refractivity contribution is 5.76. The maximum Gasteiger partial charge on any atom is 0.324 e. The van der Waals surface area contributed by atoms with E-state index in [0.29, 0.717) is 18.4 Å². The Bertz CT molecular complexity index is 699. The second-order valence-electron chi connectivity index (χ2n) is 7.56. The average molecular weight is 351 g/mol. The van der Waals surface area contributed by atoms with Gasteiger partial charge in [-0.1, -0.05) is 74.5 Å². The molecule has 138 valence electrons. The van der Waals surface area contributed by atoms with Crippen LogP contribution in [0.1, 0.15) is 44.4 Å². The van der Waals surface area contributed by atoms with E-state index in [1.165, 1.54) is 5.56 Å². The van der Waals surface area contributed by atoms with Crippen molar-refractivity contribution in [2.24, 2.45) is 11.8 Å². The van der Waals surface area contributed by atoms with Crippen LogP contribution < -0.4 is 0 Å². The van der Waals surface area contributed by atoms with Crippen LogP contribution in [0.2, 0.25) is 0 Å². The first-order chi connectivity index (χ1) is 12.6. The fourth-order valence-corrected chi connectivity index (χ4v) is 4.02. The molecule has 0 unspecified atom stereocenters. The van der Waals surface area contributed by atoms with Crippen LogP contribution >= 0.6 is 0 Å². The third-order valence-electron chi connectivity index (χ3n) is 5.58. The Hall–Kier alpha value is -2.13. The monoisotopic (exact) mass is 351 g/mol. The first kappa shape index (κ1) is 18.7. The Kier molecular flexibility index (Phi) is 6.10. The van der Waals surface area contributed by atoms with Gasteiger partial charge in [0.25, 0.3) is 0 Å². The van der Waals surface area contributed by atoms with E-state index in [9.17, 15) is 4.79 Å². The zero-order valence-electron chi connectivity index (χ0n) is 16.0. The van der Waals surface area contributed by atoms with Gasteiger partial charge in [-0.3, -0.25) is 9.69 Å². The number of esters is 1. The minimum absolute atomic E-state index is 0.0900. The lowest BCUT2D eigenvalue weighted by molar-refractivity contribution is -0.153. The summed E-state index contributed by atoms with van der Waals surface area (Å²) in [7, 11) is 0. The molecule has 1 aliphatic rings. The van der Waals surface area contributed by atoms with Crippen LogP contribution in [0, 0.1) is 11.8 Å². The molecule has 0 N–H and O–H groups in total. The van der Waals surface area contributed by atoms with Crippen molar-refractivity contribution in [3.63, 3.8) is 0 Å². The number of ether oxygens (including phenoxy) is 1. The molecule has 2 aromatic rings. The highest BCUT2D eigenvalue weighted by atomic mass is 16.5. The Morgan fingerprint density at radius 1 is 1.04 bits per heavy atom. The molecule has 2 aromatic carbocycles. The fraction of sp³-hybridized carbons (Fsp3) is 0.435.